The molecule has 3 nitrogen and oxygen atoms in total. The van der Waals surface area contributed by atoms with Gasteiger partial charge in [-0.1, -0.05) is 37.1 Å². The van der Waals surface area contributed by atoms with E-state index < -0.39 is 0 Å². The summed E-state index contributed by atoms with van der Waals surface area (Å²) in [5.41, 5.74) is 3.60. The van der Waals surface area contributed by atoms with Crippen molar-refractivity contribution in [3.63, 3.8) is 0 Å². The first-order chi connectivity index (χ1) is 12.4. The van der Waals surface area contributed by atoms with Crippen LogP contribution in [0.15, 0.2) is 23.3 Å². The summed E-state index contributed by atoms with van der Waals surface area (Å²) < 4.78 is 12.1. The molecule has 1 aliphatic heterocycles. The number of carbonyl (C=O) groups excluding carboxylic acids is 1. The van der Waals surface area contributed by atoms with Gasteiger partial charge in [0.05, 0.1) is 25.4 Å². The van der Waals surface area contributed by atoms with Crippen LogP contribution in [0.4, 0.5) is 0 Å². The van der Waals surface area contributed by atoms with E-state index in [0.717, 1.165) is 32.5 Å². The van der Waals surface area contributed by atoms with Gasteiger partial charge in [-0.25, -0.2) is 0 Å². The minimum Gasteiger partial charge on any atom is -0.373 e. The first kappa shape index (κ1) is 17.2. The van der Waals surface area contributed by atoms with Crippen molar-refractivity contribution in [3.8, 4) is 0 Å². The largest absolute Gasteiger partial charge is 0.373 e. The van der Waals surface area contributed by atoms with Gasteiger partial charge in [0.1, 0.15) is 5.78 Å². The molecule has 142 valence electrons. The molecule has 0 radical (unpaired) electrons. The summed E-state index contributed by atoms with van der Waals surface area (Å²) in [4.78, 5) is 12.3. The lowest BCUT2D eigenvalue weighted by Gasteiger charge is -2.56. The fourth-order valence-electron chi connectivity index (χ4n) is 7.40. The van der Waals surface area contributed by atoms with Crippen molar-refractivity contribution in [3.05, 3.63) is 23.3 Å². The summed E-state index contributed by atoms with van der Waals surface area (Å²) in [7, 11) is 0. The lowest BCUT2D eigenvalue weighted by Crippen LogP contribution is -2.52. The van der Waals surface area contributed by atoms with Gasteiger partial charge >= 0.3 is 0 Å². The van der Waals surface area contributed by atoms with Gasteiger partial charge in [0.15, 0.2) is 0 Å². The van der Waals surface area contributed by atoms with E-state index in [0.29, 0.717) is 17.6 Å². The number of hydrogen-bond acceptors (Lipinski definition) is 3. The van der Waals surface area contributed by atoms with Crippen LogP contribution in [0.25, 0.3) is 0 Å². The third-order valence-electron chi connectivity index (χ3n) is 8.79. The smallest absolute Gasteiger partial charge is 0.133 e. The molecule has 4 aliphatic carbocycles. The Labute approximate surface area is 157 Å². The fourth-order valence-corrected chi connectivity index (χ4v) is 7.40. The van der Waals surface area contributed by atoms with Crippen LogP contribution in [0.2, 0.25) is 0 Å². The third kappa shape index (κ3) is 2.22. The number of rotatable bonds is 1. The highest BCUT2D eigenvalue weighted by Crippen LogP contribution is 2.65. The molecule has 0 aromatic rings. The molecule has 0 N–H and O–H groups in total. The highest BCUT2D eigenvalue weighted by Gasteiger charge is 2.58. The van der Waals surface area contributed by atoms with Gasteiger partial charge in [0, 0.05) is 5.92 Å². The van der Waals surface area contributed by atoms with Gasteiger partial charge in [-0.2, -0.15) is 0 Å². The van der Waals surface area contributed by atoms with E-state index in [4.69, 9.17) is 9.47 Å². The molecule has 26 heavy (non-hydrogen) atoms. The highest BCUT2D eigenvalue weighted by molar-refractivity contribution is 5.79. The number of Topliss-reactive ketones (excluding diaryl/α,β-unsaturated/α-hetero) is 1. The maximum absolute atomic E-state index is 12.3. The molecule has 0 bridgehead atoms. The van der Waals surface area contributed by atoms with Crippen LogP contribution in [0, 0.1) is 28.6 Å². The second kappa shape index (κ2) is 5.78. The molecule has 5 rings (SSSR count). The second-order valence-corrected chi connectivity index (χ2v) is 9.89. The van der Waals surface area contributed by atoms with Gasteiger partial charge < -0.3 is 9.47 Å². The van der Waals surface area contributed by atoms with Gasteiger partial charge in [-0.15, -0.1) is 0 Å². The summed E-state index contributed by atoms with van der Waals surface area (Å²) >= 11 is 0. The first-order valence-electron chi connectivity index (χ1n) is 10.6. The number of allylic oxidation sites excluding steroid dienone is 3. The number of ketones is 1. The van der Waals surface area contributed by atoms with Crippen molar-refractivity contribution in [1.29, 1.82) is 0 Å². The summed E-state index contributed by atoms with van der Waals surface area (Å²) in [6.45, 7) is 8.16. The molecule has 2 unspecified atom stereocenters. The topological polar surface area (TPSA) is 35.5 Å². The zero-order chi connectivity index (χ0) is 18.1. The quantitative estimate of drug-likeness (QED) is 0.695. The molecule has 3 saturated carbocycles. The summed E-state index contributed by atoms with van der Waals surface area (Å²) in [6, 6.07) is 0. The Morgan fingerprint density at radius 2 is 1.81 bits per heavy atom. The van der Waals surface area contributed by atoms with Crippen molar-refractivity contribution >= 4 is 5.78 Å². The maximum atomic E-state index is 12.3. The lowest BCUT2D eigenvalue weighted by atomic mass is 9.50. The highest BCUT2D eigenvalue weighted by atomic mass is 16.6. The number of fused-ring (bicyclic) bond motifs is 6. The zero-order valence-corrected chi connectivity index (χ0v) is 16.4. The van der Waals surface area contributed by atoms with E-state index in [9.17, 15) is 4.79 Å². The van der Waals surface area contributed by atoms with Crippen molar-refractivity contribution in [2.75, 3.05) is 13.2 Å². The predicted molar refractivity (Wildman–Crippen MR) is 101 cm³/mol. The molecule has 0 aromatic heterocycles. The Morgan fingerprint density at radius 1 is 1.04 bits per heavy atom. The lowest BCUT2D eigenvalue weighted by molar-refractivity contribution is -0.165. The van der Waals surface area contributed by atoms with E-state index in [2.05, 4.69) is 26.0 Å². The van der Waals surface area contributed by atoms with Crippen LogP contribution in [0.5, 0.6) is 0 Å². The third-order valence-corrected chi connectivity index (χ3v) is 8.79. The van der Waals surface area contributed by atoms with E-state index >= 15 is 0 Å². The Bertz CT molecular complexity index is 692. The van der Waals surface area contributed by atoms with E-state index in [1.165, 1.54) is 19.3 Å². The standard InChI is InChI=1S/C23H32O3/c1-14(24)17-6-7-18-16-5-4-15-12-20-21(26-11-10-25-20)13-23(15,3)19(16)8-9-22(17,18)2/h4-5,17-21H,6-13H2,1-3H3/t17-,18+,19-,20?,21?,22-,23-/m1/s1. The molecule has 7 atom stereocenters. The molecule has 1 saturated heterocycles. The Hall–Kier alpha value is -0.930. The Kier molecular flexibility index (Phi) is 3.82. The van der Waals surface area contributed by atoms with E-state index in [1.807, 2.05) is 0 Å². The van der Waals surface area contributed by atoms with Crippen LogP contribution in [0.1, 0.15) is 59.3 Å². The molecule has 0 spiro atoms. The van der Waals surface area contributed by atoms with Crippen LogP contribution < -0.4 is 0 Å². The zero-order valence-electron chi connectivity index (χ0n) is 16.4. The fraction of sp³-hybridized carbons (Fsp3) is 0.783. The monoisotopic (exact) mass is 356 g/mol. The summed E-state index contributed by atoms with van der Waals surface area (Å²) in [5.74, 6) is 1.88. The van der Waals surface area contributed by atoms with Crippen LogP contribution in [0.3, 0.4) is 0 Å². The summed E-state index contributed by atoms with van der Waals surface area (Å²) in [6.07, 6.45) is 12.2. The minimum absolute atomic E-state index is 0.178. The van der Waals surface area contributed by atoms with Crippen LogP contribution in [-0.4, -0.2) is 31.2 Å². The SMILES string of the molecule is CC(=O)[C@H]1CC[C@H]2C3=CC=C4CC5OCCOC5C[C@@]4(C)[C@@H]3CC[C@]12C. The van der Waals surface area contributed by atoms with Gasteiger partial charge in [-0.05, 0) is 68.1 Å². The van der Waals surface area contributed by atoms with Crippen molar-refractivity contribution in [2.24, 2.45) is 28.6 Å². The molecule has 3 heteroatoms. The van der Waals surface area contributed by atoms with Gasteiger partial charge in [-0.3, -0.25) is 4.79 Å². The van der Waals surface area contributed by atoms with Crippen LogP contribution >= 0.6 is 0 Å². The van der Waals surface area contributed by atoms with Crippen molar-refractivity contribution in [1.82, 2.24) is 0 Å². The number of ether oxygens (including phenoxy) is 2. The van der Waals surface area contributed by atoms with Gasteiger partial charge in [0.25, 0.3) is 0 Å². The molecule has 1 heterocycles. The van der Waals surface area contributed by atoms with E-state index in [1.54, 1.807) is 18.1 Å². The average molecular weight is 357 g/mol. The van der Waals surface area contributed by atoms with Gasteiger partial charge in [0.2, 0.25) is 0 Å². The normalized spacial score (nSPS) is 49.9. The molecule has 0 aromatic carbocycles. The molecule has 0 amide bonds. The second-order valence-electron chi connectivity index (χ2n) is 9.89. The minimum atomic E-state index is 0.178. The number of hydrogen-bond donors (Lipinski definition) is 0. The molecule has 4 fully saturated rings. The Balaban J connectivity index is 1.50. The number of carbonyl (C=O) groups is 1. The van der Waals surface area contributed by atoms with E-state index in [-0.39, 0.29) is 29.0 Å². The Morgan fingerprint density at radius 3 is 2.58 bits per heavy atom. The molecular weight excluding hydrogens is 324 g/mol. The van der Waals surface area contributed by atoms with Crippen molar-refractivity contribution < 1.29 is 14.3 Å². The van der Waals surface area contributed by atoms with Crippen molar-refractivity contribution in [2.45, 2.75) is 71.5 Å². The van der Waals surface area contributed by atoms with Crippen LogP contribution in [-0.2, 0) is 14.3 Å². The predicted octanol–water partition coefficient (Wildman–Crippen LogP) is 4.47. The molecule has 5 aliphatic rings. The first-order valence-corrected chi connectivity index (χ1v) is 10.6. The maximum Gasteiger partial charge on any atom is 0.133 e. The molecular formula is C23H32O3. The summed E-state index contributed by atoms with van der Waals surface area (Å²) in [5, 5.41) is 0. The average Bonchev–Trinajstić information content (AvgIpc) is 2.97.